The lowest BCUT2D eigenvalue weighted by Gasteiger charge is -2.14. The van der Waals surface area contributed by atoms with Crippen LogP contribution in [0.25, 0.3) is 5.69 Å². The fraction of sp³-hybridized carbons (Fsp3) is 0.238. The van der Waals surface area contributed by atoms with Crippen LogP contribution in [-0.4, -0.2) is 37.5 Å². The van der Waals surface area contributed by atoms with Gasteiger partial charge in [0.25, 0.3) is 0 Å². The molecule has 166 valence electrons. The van der Waals surface area contributed by atoms with Crippen LogP contribution in [0.4, 0.5) is 4.39 Å². The van der Waals surface area contributed by atoms with Crippen LogP contribution >= 0.6 is 24.0 Å². The van der Waals surface area contributed by atoms with Crippen molar-refractivity contribution < 1.29 is 12.8 Å². The van der Waals surface area contributed by atoms with Crippen molar-refractivity contribution in [3.63, 3.8) is 0 Å². The van der Waals surface area contributed by atoms with E-state index in [1.807, 2.05) is 42.6 Å². The molecule has 0 atom stereocenters. The van der Waals surface area contributed by atoms with Crippen molar-refractivity contribution in [2.75, 3.05) is 13.3 Å². The largest absolute Gasteiger partial charge is 0.352 e. The highest BCUT2D eigenvalue weighted by atomic mass is 127. The Kier molecular flexibility index (Phi) is 8.99. The summed E-state index contributed by atoms with van der Waals surface area (Å²) in [5, 5.41) is 10.8. The summed E-state index contributed by atoms with van der Waals surface area (Å²) in [5.74, 6) is -0.0648. The second kappa shape index (κ2) is 11.2. The van der Waals surface area contributed by atoms with Crippen LogP contribution in [0, 0.1) is 5.82 Å². The van der Waals surface area contributed by atoms with Crippen molar-refractivity contribution >= 4 is 39.8 Å². The van der Waals surface area contributed by atoms with Crippen LogP contribution in [0.15, 0.2) is 65.8 Å². The number of hydrogen-bond donors (Lipinski definition) is 2. The Morgan fingerprint density at radius 2 is 1.77 bits per heavy atom. The van der Waals surface area contributed by atoms with Crippen molar-refractivity contribution in [2.45, 2.75) is 18.8 Å². The minimum atomic E-state index is -3.23. The normalized spacial score (nSPS) is 11.6. The van der Waals surface area contributed by atoms with Gasteiger partial charge in [-0.05, 0) is 41.5 Å². The van der Waals surface area contributed by atoms with E-state index in [1.165, 1.54) is 18.2 Å². The quantitative estimate of drug-likeness (QED) is 0.265. The van der Waals surface area contributed by atoms with E-state index >= 15 is 0 Å². The van der Waals surface area contributed by atoms with Gasteiger partial charge in [-0.3, -0.25) is 4.99 Å². The lowest BCUT2D eigenvalue weighted by molar-refractivity contribution is 0.599. The third-order valence-electron chi connectivity index (χ3n) is 4.36. The van der Waals surface area contributed by atoms with Crippen LogP contribution in [0.2, 0.25) is 0 Å². The molecule has 0 bridgehead atoms. The van der Waals surface area contributed by atoms with Gasteiger partial charge in [0.1, 0.15) is 5.82 Å². The number of guanidine groups is 1. The molecule has 0 spiro atoms. The highest BCUT2D eigenvalue weighted by molar-refractivity contribution is 14.0. The van der Waals surface area contributed by atoms with E-state index in [1.54, 1.807) is 11.7 Å². The van der Waals surface area contributed by atoms with E-state index in [0.29, 0.717) is 23.6 Å². The minimum absolute atomic E-state index is 0. The summed E-state index contributed by atoms with van der Waals surface area (Å²) in [4.78, 5) is 4.16. The molecule has 0 radical (unpaired) electrons. The highest BCUT2D eigenvalue weighted by Crippen LogP contribution is 2.14. The number of aliphatic imine (C=N–C) groups is 1. The number of hydrogen-bond acceptors (Lipinski definition) is 4. The van der Waals surface area contributed by atoms with E-state index in [0.717, 1.165) is 17.6 Å². The number of para-hydroxylation sites is 1. The molecule has 1 aromatic heterocycles. The van der Waals surface area contributed by atoms with Gasteiger partial charge < -0.3 is 10.6 Å². The molecule has 0 saturated carbocycles. The summed E-state index contributed by atoms with van der Waals surface area (Å²) < 4.78 is 38.7. The van der Waals surface area contributed by atoms with Gasteiger partial charge in [0, 0.05) is 26.0 Å². The molecule has 0 saturated heterocycles. The zero-order valence-electron chi connectivity index (χ0n) is 17.2. The average Bonchev–Trinajstić information content (AvgIpc) is 3.19. The number of sulfone groups is 1. The van der Waals surface area contributed by atoms with Crippen LogP contribution in [-0.2, 0) is 28.7 Å². The molecule has 1 heterocycles. The molecule has 3 rings (SSSR count). The molecule has 31 heavy (non-hydrogen) atoms. The van der Waals surface area contributed by atoms with Crippen LogP contribution in [0.1, 0.15) is 16.8 Å². The Labute approximate surface area is 198 Å². The Balaban J connectivity index is 0.00000341. The van der Waals surface area contributed by atoms with E-state index < -0.39 is 15.7 Å². The predicted molar refractivity (Wildman–Crippen MR) is 131 cm³/mol. The number of rotatable bonds is 7. The van der Waals surface area contributed by atoms with Gasteiger partial charge in [0.2, 0.25) is 0 Å². The fourth-order valence-electron chi connectivity index (χ4n) is 2.94. The molecule has 0 fully saturated rings. The smallest absolute Gasteiger partial charge is 0.191 e. The molecular formula is C21H25FIN5O2S. The molecule has 0 aliphatic carbocycles. The van der Waals surface area contributed by atoms with Gasteiger partial charge in [-0.1, -0.05) is 24.3 Å². The molecule has 0 aliphatic heterocycles. The van der Waals surface area contributed by atoms with Crippen LogP contribution in [0.5, 0.6) is 0 Å². The second-order valence-electron chi connectivity index (χ2n) is 6.85. The van der Waals surface area contributed by atoms with Crippen LogP contribution in [0.3, 0.4) is 0 Å². The van der Waals surface area contributed by atoms with E-state index in [2.05, 4.69) is 20.7 Å². The maximum Gasteiger partial charge on any atom is 0.191 e. The second-order valence-corrected chi connectivity index (χ2v) is 8.99. The monoisotopic (exact) mass is 557 g/mol. The van der Waals surface area contributed by atoms with Gasteiger partial charge in [-0.15, -0.1) is 24.0 Å². The first-order valence-electron chi connectivity index (χ1n) is 9.33. The maximum atomic E-state index is 13.7. The molecule has 0 unspecified atom stereocenters. The molecule has 7 nitrogen and oxygen atoms in total. The van der Waals surface area contributed by atoms with E-state index in [-0.39, 0.29) is 36.3 Å². The number of aromatic nitrogens is 2. The summed E-state index contributed by atoms with van der Waals surface area (Å²) >= 11 is 0. The first kappa shape index (κ1) is 24.8. The third-order valence-corrected chi connectivity index (χ3v) is 5.19. The van der Waals surface area contributed by atoms with Crippen molar-refractivity contribution in [3.8, 4) is 5.69 Å². The summed E-state index contributed by atoms with van der Waals surface area (Å²) in [7, 11) is -1.60. The van der Waals surface area contributed by atoms with Gasteiger partial charge >= 0.3 is 0 Å². The zero-order valence-corrected chi connectivity index (χ0v) is 20.4. The Hall–Kier alpha value is -2.47. The molecule has 10 heteroatoms. The molecule has 2 N–H and O–H groups in total. The summed E-state index contributed by atoms with van der Waals surface area (Å²) in [5.41, 5.74) is 2.92. The van der Waals surface area contributed by atoms with Gasteiger partial charge in [0.05, 0.1) is 23.7 Å². The molecular weight excluding hydrogens is 532 g/mol. The van der Waals surface area contributed by atoms with Crippen molar-refractivity contribution in [1.29, 1.82) is 0 Å². The number of nitrogens with one attached hydrogen (secondary N) is 2. The van der Waals surface area contributed by atoms with Crippen molar-refractivity contribution in [3.05, 3.63) is 83.4 Å². The number of halogens is 2. The fourth-order valence-corrected chi connectivity index (χ4v) is 3.78. The maximum absolute atomic E-state index is 13.7. The molecule has 3 aromatic rings. The van der Waals surface area contributed by atoms with Crippen molar-refractivity contribution in [2.24, 2.45) is 4.99 Å². The predicted octanol–water partition coefficient (Wildman–Crippen LogP) is 3.04. The molecule has 0 amide bonds. The van der Waals surface area contributed by atoms with Crippen molar-refractivity contribution in [1.82, 2.24) is 20.4 Å². The van der Waals surface area contributed by atoms with E-state index in [9.17, 15) is 12.8 Å². The Morgan fingerprint density at radius 1 is 1.06 bits per heavy atom. The first-order chi connectivity index (χ1) is 14.3. The molecule has 0 aliphatic rings. The van der Waals surface area contributed by atoms with E-state index in [4.69, 9.17) is 0 Å². The highest BCUT2D eigenvalue weighted by Gasteiger charge is 2.11. The van der Waals surface area contributed by atoms with Gasteiger partial charge in [-0.25, -0.2) is 17.5 Å². The lowest BCUT2D eigenvalue weighted by Crippen LogP contribution is -2.36. The zero-order chi connectivity index (χ0) is 21.6. The lowest BCUT2D eigenvalue weighted by atomic mass is 10.1. The average molecular weight is 557 g/mol. The third kappa shape index (κ3) is 7.62. The first-order valence-corrected chi connectivity index (χ1v) is 11.4. The summed E-state index contributed by atoms with van der Waals surface area (Å²) in [6.45, 7) is 0.680. The van der Waals surface area contributed by atoms with Crippen LogP contribution < -0.4 is 10.6 Å². The van der Waals surface area contributed by atoms with Gasteiger partial charge in [-0.2, -0.15) is 5.10 Å². The Morgan fingerprint density at radius 3 is 2.45 bits per heavy atom. The van der Waals surface area contributed by atoms with Gasteiger partial charge in [0.15, 0.2) is 15.8 Å². The summed E-state index contributed by atoms with van der Waals surface area (Å²) in [6, 6.07) is 15.8. The minimum Gasteiger partial charge on any atom is -0.352 e. The SMILES string of the molecule is CN=C(NCc1ccn(-c2ccccc2)n1)NCc1cc(F)ccc1CS(C)(=O)=O.I. The topological polar surface area (TPSA) is 88.4 Å². The standard InChI is InChI=1S/C21H24FN5O2S.HI/c1-23-21(24-13-17-12-18(22)9-8-16(17)15-30(2,28)29)25-14-19-10-11-27(26-19)20-6-4-3-5-7-20;/h3-12H,13-15H2,1-2H3,(H2,23,24,25);1H. The summed E-state index contributed by atoms with van der Waals surface area (Å²) in [6.07, 6.45) is 3.04. The number of benzene rings is 2. The Bertz CT molecular complexity index is 1130. The molecule has 2 aromatic carbocycles. The number of nitrogens with zero attached hydrogens (tertiary/aromatic N) is 3.